The van der Waals surface area contributed by atoms with Gasteiger partial charge in [0.1, 0.15) is 0 Å². The molecule has 0 atom stereocenters. The molecule has 0 aliphatic carbocycles. The van der Waals surface area contributed by atoms with Crippen molar-refractivity contribution in [3.05, 3.63) is 42.0 Å². The summed E-state index contributed by atoms with van der Waals surface area (Å²) in [5.41, 5.74) is 8.06. The zero-order valence-corrected chi connectivity index (χ0v) is 11.6. The number of imidazole rings is 1. The van der Waals surface area contributed by atoms with E-state index < -0.39 is 0 Å². The van der Waals surface area contributed by atoms with Crippen molar-refractivity contribution in [2.75, 3.05) is 11.9 Å². The number of carbonyl (C=O) groups excluding carboxylic acids is 1. The summed E-state index contributed by atoms with van der Waals surface area (Å²) in [6.45, 7) is 0.356. The van der Waals surface area contributed by atoms with Gasteiger partial charge in [0.15, 0.2) is 4.96 Å². The summed E-state index contributed by atoms with van der Waals surface area (Å²) in [6, 6.07) is 7.64. The van der Waals surface area contributed by atoms with Crippen LogP contribution in [0.1, 0.15) is 6.42 Å². The molecule has 0 saturated heterocycles. The second kappa shape index (κ2) is 5.44. The summed E-state index contributed by atoms with van der Waals surface area (Å²) < 4.78 is 2.00. The Bertz CT molecular complexity index is 701. The van der Waals surface area contributed by atoms with E-state index in [9.17, 15) is 4.79 Å². The fourth-order valence-electron chi connectivity index (χ4n) is 1.95. The first-order valence-electron chi connectivity index (χ1n) is 6.29. The minimum atomic E-state index is -0.0669. The van der Waals surface area contributed by atoms with E-state index in [1.165, 1.54) is 0 Å². The number of hydrogen-bond donors (Lipinski definition) is 2. The van der Waals surface area contributed by atoms with E-state index in [0.717, 1.165) is 21.9 Å². The summed E-state index contributed by atoms with van der Waals surface area (Å²) in [6.07, 6.45) is 4.31. The van der Waals surface area contributed by atoms with Gasteiger partial charge in [0, 0.05) is 42.0 Å². The highest BCUT2D eigenvalue weighted by Crippen LogP contribution is 2.23. The molecule has 0 aliphatic heterocycles. The number of aromatic nitrogens is 2. The lowest BCUT2D eigenvalue weighted by Gasteiger charge is -2.04. The molecule has 3 N–H and O–H groups in total. The van der Waals surface area contributed by atoms with E-state index in [0.29, 0.717) is 13.0 Å². The molecular formula is C14H14N4OS. The summed E-state index contributed by atoms with van der Waals surface area (Å²) in [5, 5.41) is 4.80. The maximum absolute atomic E-state index is 11.4. The Morgan fingerprint density at radius 2 is 2.15 bits per heavy atom. The molecule has 0 bridgehead atoms. The average molecular weight is 286 g/mol. The topological polar surface area (TPSA) is 72.4 Å². The van der Waals surface area contributed by atoms with Gasteiger partial charge in [-0.2, -0.15) is 0 Å². The van der Waals surface area contributed by atoms with Crippen LogP contribution in [0, 0.1) is 0 Å². The van der Waals surface area contributed by atoms with Crippen LogP contribution >= 0.6 is 11.3 Å². The molecular weight excluding hydrogens is 272 g/mol. The maximum atomic E-state index is 11.4. The number of hydrogen-bond acceptors (Lipinski definition) is 4. The second-order valence-corrected chi connectivity index (χ2v) is 5.26. The molecule has 20 heavy (non-hydrogen) atoms. The van der Waals surface area contributed by atoms with Gasteiger partial charge in [0.05, 0.1) is 5.69 Å². The van der Waals surface area contributed by atoms with Crippen LogP contribution in [0.5, 0.6) is 0 Å². The number of nitrogens with one attached hydrogen (secondary N) is 1. The van der Waals surface area contributed by atoms with Gasteiger partial charge >= 0.3 is 0 Å². The van der Waals surface area contributed by atoms with Gasteiger partial charge in [-0.25, -0.2) is 4.98 Å². The lowest BCUT2D eigenvalue weighted by atomic mass is 10.1. The summed E-state index contributed by atoms with van der Waals surface area (Å²) >= 11 is 1.60. The first-order valence-corrected chi connectivity index (χ1v) is 7.17. The fraction of sp³-hybridized carbons (Fsp3) is 0.143. The highest BCUT2D eigenvalue weighted by atomic mass is 32.1. The Kier molecular flexibility index (Phi) is 3.49. The van der Waals surface area contributed by atoms with Gasteiger partial charge in [-0.3, -0.25) is 9.20 Å². The Balaban J connectivity index is 1.78. The number of anilines is 1. The third kappa shape index (κ3) is 2.56. The number of rotatable bonds is 4. The predicted molar refractivity (Wildman–Crippen MR) is 80.8 cm³/mol. The minimum Gasteiger partial charge on any atom is -0.330 e. The molecule has 0 spiro atoms. The monoisotopic (exact) mass is 286 g/mol. The normalized spacial score (nSPS) is 10.8. The van der Waals surface area contributed by atoms with Crippen LogP contribution in [-0.2, 0) is 4.79 Å². The van der Waals surface area contributed by atoms with Crippen molar-refractivity contribution in [2.45, 2.75) is 6.42 Å². The molecule has 2 aromatic heterocycles. The quantitative estimate of drug-likeness (QED) is 0.773. The molecule has 0 radical (unpaired) electrons. The van der Waals surface area contributed by atoms with Crippen molar-refractivity contribution in [1.29, 1.82) is 0 Å². The third-order valence-corrected chi connectivity index (χ3v) is 3.70. The molecule has 2 heterocycles. The van der Waals surface area contributed by atoms with Crippen molar-refractivity contribution in [1.82, 2.24) is 9.38 Å². The van der Waals surface area contributed by atoms with Crippen LogP contribution < -0.4 is 11.1 Å². The summed E-state index contributed by atoms with van der Waals surface area (Å²) in [4.78, 5) is 17.0. The third-order valence-electron chi connectivity index (χ3n) is 2.93. The Labute approximate surface area is 120 Å². The zero-order chi connectivity index (χ0) is 13.9. The molecule has 3 rings (SSSR count). The largest absolute Gasteiger partial charge is 0.330 e. The molecule has 0 unspecified atom stereocenters. The Hall–Kier alpha value is -2.18. The van der Waals surface area contributed by atoms with E-state index >= 15 is 0 Å². The number of nitrogens with zero attached hydrogens (tertiary/aromatic N) is 2. The van der Waals surface area contributed by atoms with E-state index in [1.54, 1.807) is 11.3 Å². The van der Waals surface area contributed by atoms with Gasteiger partial charge in [-0.05, 0) is 12.1 Å². The number of nitrogens with two attached hydrogens (primary N) is 1. The van der Waals surface area contributed by atoms with Crippen molar-refractivity contribution in [3.8, 4) is 11.3 Å². The molecule has 5 nitrogen and oxygen atoms in total. The van der Waals surface area contributed by atoms with Gasteiger partial charge in [-0.1, -0.05) is 12.1 Å². The summed E-state index contributed by atoms with van der Waals surface area (Å²) in [5.74, 6) is -0.0669. The summed E-state index contributed by atoms with van der Waals surface area (Å²) in [7, 11) is 0. The standard InChI is InChI=1S/C14H14N4OS/c15-6-5-13(19)16-11-3-1-10(2-4-11)12-9-18-7-8-20-14(18)17-12/h1-4,7-9H,5-6,15H2,(H,16,19). The van der Waals surface area contributed by atoms with E-state index in [2.05, 4.69) is 10.3 Å². The zero-order valence-electron chi connectivity index (χ0n) is 10.7. The van der Waals surface area contributed by atoms with Crippen LogP contribution in [-0.4, -0.2) is 21.8 Å². The first kappa shape index (κ1) is 12.8. The SMILES string of the molecule is NCCC(=O)Nc1ccc(-c2cn3ccsc3n2)cc1. The number of carbonyl (C=O) groups is 1. The molecule has 0 fully saturated rings. The molecule has 102 valence electrons. The smallest absolute Gasteiger partial charge is 0.225 e. The Morgan fingerprint density at radius 1 is 1.35 bits per heavy atom. The van der Waals surface area contributed by atoms with Gasteiger partial charge in [-0.15, -0.1) is 11.3 Å². The van der Waals surface area contributed by atoms with E-state index in [-0.39, 0.29) is 5.91 Å². The molecule has 1 amide bonds. The first-order chi connectivity index (χ1) is 9.76. The fourth-order valence-corrected chi connectivity index (χ4v) is 2.65. The van der Waals surface area contributed by atoms with Crippen LogP contribution in [0.2, 0.25) is 0 Å². The van der Waals surface area contributed by atoms with E-state index in [1.807, 2.05) is 46.4 Å². The van der Waals surface area contributed by atoms with Gasteiger partial charge < -0.3 is 11.1 Å². The number of amides is 1. The molecule has 3 aromatic rings. The lowest BCUT2D eigenvalue weighted by Crippen LogP contribution is -2.15. The molecule has 1 aromatic carbocycles. The molecule has 0 saturated carbocycles. The number of thiazole rings is 1. The number of fused-ring (bicyclic) bond motifs is 1. The van der Waals surface area contributed by atoms with Crippen molar-refractivity contribution >= 4 is 27.9 Å². The lowest BCUT2D eigenvalue weighted by molar-refractivity contribution is -0.116. The van der Waals surface area contributed by atoms with Gasteiger partial charge in [0.2, 0.25) is 5.91 Å². The van der Waals surface area contributed by atoms with Crippen LogP contribution in [0.4, 0.5) is 5.69 Å². The van der Waals surface area contributed by atoms with Crippen molar-refractivity contribution in [2.24, 2.45) is 5.73 Å². The van der Waals surface area contributed by atoms with Crippen LogP contribution in [0.25, 0.3) is 16.2 Å². The van der Waals surface area contributed by atoms with Crippen molar-refractivity contribution in [3.63, 3.8) is 0 Å². The molecule has 0 aliphatic rings. The maximum Gasteiger partial charge on any atom is 0.225 e. The average Bonchev–Trinajstić information content (AvgIpc) is 3.00. The Morgan fingerprint density at radius 3 is 2.85 bits per heavy atom. The van der Waals surface area contributed by atoms with Crippen LogP contribution in [0.3, 0.4) is 0 Å². The second-order valence-electron chi connectivity index (χ2n) is 4.38. The van der Waals surface area contributed by atoms with Gasteiger partial charge in [0.25, 0.3) is 0 Å². The highest BCUT2D eigenvalue weighted by molar-refractivity contribution is 7.15. The van der Waals surface area contributed by atoms with Crippen molar-refractivity contribution < 1.29 is 4.79 Å². The highest BCUT2D eigenvalue weighted by Gasteiger charge is 2.06. The van der Waals surface area contributed by atoms with E-state index in [4.69, 9.17) is 5.73 Å². The van der Waals surface area contributed by atoms with Crippen LogP contribution in [0.15, 0.2) is 42.0 Å². The number of benzene rings is 1. The predicted octanol–water partition coefficient (Wildman–Crippen LogP) is 2.35. The minimum absolute atomic E-state index is 0.0669. The molecule has 6 heteroatoms.